The summed E-state index contributed by atoms with van der Waals surface area (Å²) in [5.74, 6) is 0.747. The van der Waals surface area contributed by atoms with Crippen LogP contribution in [0.25, 0.3) is 11.0 Å². The SMILES string of the molecule is COc1c(C)cnc(Cn2nc3c4c(nc(N)nc42)SC(C(=O)Nc2nncs2)C3)c1C. The third-order valence-corrected chi connectivity index (χ3v) is 7.00. The second kappa shape index (κ2) is 7.98. The van der Waals surface area contributed by atoms with E-state index in [2.05, 4.69) is 30.5 Å². The Bertz CT molecular complexity index is 1340. The topological polar surface area (TPSA) is 147 Å². The minimum absolute atomic E-state index is 0.129. The second-order valence-corrected chi connectivity index (χ2v) is 9.30. The Morgan fingerprint density at radius 3 is 2.97 bits per heavy atom. The van der Waals surface area contributed by atoms with E-state index in [1.54, 1.807) is 23.5 Å². The molecule has 0 fully saturated rings. The van der Waals surface area contributed by atoms with Gasteiger partial charge in [-0.25, -0.2) is 9.67 Å². The molecule has 4 aromatic rings. The van der Waals surface area contributed by atoms with E-state index in [4.69, 9.17) is 15.6 Å². The molecule has 3 N–H and O–H groups in total. The minimum atomic E-state index is -0.424. The van der Waals surface area contributed by atoms with Crippen molar-refractivity contribution in [1.82, 2.24) is 34.9 Å². The van der Waals surface area contributed by atoms with Crippen LogP contribution in [0.4, 0.5) is 11.1 Å². The van der Waals surface area contributed by atoms with E-state index in [1.165, 1.54) is 23.1 Å². The lowest BCUT2D eigenvalue weighted by atomic mass is 10.1. The molecule has 0 saturated carbocycles. The average molecular weight is 470 g/mol. The predicted octanol–water partition coefficient (Wildman–Crippen LogP) is 1.98. The third kappa shape index (κ3) is 3.52. The van der Waals surface area contributed by atoms with Gasteiger partial charge in [-0.2, -0.15) is 10.1 Å². The molecular weight excluding hydrogens is 450 g/mol. The maximum absolute atomic E-state index is 12.8. The van der Waals surface area contributed by atoms with E-state index in [1.807, 2.05) is 13.8 Å². The number of anilines is 2. The number of nitrogens with one attached hydrogen (secondary N) is 1. The lowest BCUT2D eigenvalue weighted by Gasteiger charge is -2.18. The van der Waals surface area contributed by atoms with E-state index in [0.29, 0.717) is 28.8 Å². The summed E-state index contributed by atoms with van der Waals surface area (Å²) in [6.07, 6.45) is 2.22. The van der Waals surface area contributed by atoms with Crippen LogP contribution in [0.1, 0.15) is 22.5 Å². The summed E-state index contributed by atoms with van der Waals surface area (Å²) in [6.45, 7) is 4.31. The number of hydrogen-bond donors (Lipinski definition) is 2. The summed E-state index contributed by atoms with van der Waals surface area (Å²) < 4.78 is 7.29. The van der Waals surface area contributed by atoms with Crippen LogP contribution in [0.3, 0.4) is 0 Å². The maximum atomic E-state index is 12.8. The first-order valence-corrected chi connectivity index (χ1v) is 11.5. The van der Waals surface area contributed by atoms with Crippen LogP contribution >= 0.6 is 23.1 Å². The van der Waals surface area contributed by atoms with Gasteiger partial charge in [0.15, 0.2) is 5.65 Å². The van der Waals surface area contributed by atoms with Crippen LogP contribution in [-0.2, 0) is 17.8 Å². The molecule has 1 aliphatic heterocycles. The molecular formula is C19H19N9O2S2. The Hall–Kier alpha value is -3.32. The highest BCUT2D eigenvalue weighted by molar-refractivity contribution is 8.00. The molecule has 1 unspecified atom stereocenters. The van der Waals surface area contributed by atoms with Crippen LogP contribution in [0.15, 0.2) is 16.7 Å². The molecule has 1 amide bonds. The number of nitrogen functional groups attached to an aromatic ring is 1. The summed E-state index contributed by atoms with van der Waals surface area (Å²) in [5.41, 5.74) is 11.7. The summed E-state index contributed by atoms with van der Waals surface area (Å²) in [5, 5.41) is 16.7. The first kappa shape index (κ1) is 20.6. The number of rotatable bonds is 5. The molecule has 11 nitrogen and oxygen atoms in total. The number of carbonyl (C=O) groups excluding carboxylic acids is 1. The fourth-order valence-corrected chi connectivity index (χ4v) is 5.35. The monoisotopic (exact) mass is 469 g/mol. The highest BCUT2D eigenvalue weighted by Gasteiger charge is 2.32. The zero-order valence-electron chi connectivity index (χ0n) is 17.5. The van der Waals surface area contributed by atoms with E-state index in [-0.39, 0.29) is 11.9 Å². The van der Waals surface area contributed by atoms with E-state index in [9.17, 15) is 4.79 Å². The number of pyridine rings is 1. The van der Waals surface area contributed by atoms with Gasteiger partial charge in [0.05, 0.1) is 35.7 Å². The Morgan fingerprint density at radius 1 is 1.38 bits per heavy atom. The van der Waals surface area contributed by atoms with Crippen molar-refractivity contribution in [1.29, 1.82) is 0 Å². The molecule has 5 heterocycles. The fourth-order valence-electron chi connectivity index (χ4n) is 3.75. The van der Waals surface area contributed by atoms with Crippen molar-refractivity contribution in [3.8, 4) is 5.75 Å². The number of ether oxygens (including phenoxy) is 1. The van der Waals surface area contributed by atoms with Gasteiger partial charge in [-0.1, -0.05) is 23.1 Å². The summed E-state index contributed by atoms with van der Waals surface area (Å²) >= 11 is 2.61. The minimum Gasteiger partial charge on any atom is -0.496 e. The van der Waals surface area contributed by atoms with Crippen LogP contribution in [0.5, 0.6) is 5.75 Å². The van der Waals surface area contributed by atoms with Crippen LogP contribution in [-0.4, -0.2) is 53.2 Å². The maximum Gasteiger partial charge on any atom is 0.240 e. The molecule has 13 heteroatoms. The standard InChI is InChI=1S/C19H19N9O2S2/c1-8-5-21-11(9(2)14(8)30-3)6-28-15-13-10(27-28)4-12(32-17(13)25-18(20)23-15)16(29)24-19-26-22-7-31-19/h5,7,12H,4,6H2,1-3H3,(H2,20,23,25)(H,24,26,29). The quantitative estimate of drug-likeness (QED) is 0.416. The zero-order valence-corrected chi connectivity index (χ0v) is 19.1. The van der Waals surface area contributed by atoms with Crippen molar-refractivity contribution in [3.05, 3.63) is 34.2 Å². The van der Waals surface area contributed by atoms with Gasteiger partial charge in [-0.3, -0.25) is 15.1 Å². The van der Waals surface area contributed by atoms with Crippen molar-refractivity contribution in [2.45, 2.75) is 37.1 Å². The molecule has 0 aromatic carbocycles. The van der Waals surface area contributed by atoms with Crippen LogP contribution in [0, 0.1) is 13.8 Å². The molecule has 32 heavy (non-hydrogen) atoms. The smallest absolute Gasteiger partial charge is 0.240 e. The van der Waals surface area contributed by atoms with Crippen molar-refractivity contribution >= 4 is 51.1 Å². The predicted molar refractivity (Wildman–Crippen MR) is 121 cm³/mol. The van der Waals surface area contributed by atoms with Gasteiger partial charge in [0.1, 0.15) is 16.3 Å². The van der Waals surface area contributed by atoms with E-state index < -0.39 is 5.25 Å². The van der Waals surface area contributed by atoms with Crippen LogP contribution < -0.4 is 15.8 Å². The lowest BCUT2D eigenvalue weighted by molar-refractivity contribution is -0.115. The van der Waals surface area contributed by atoms with Crippen LogP contribution in [0.2, 0.25) is 0 Å². The molecule has 5 rings (SSSR count). The van der Waals surface area contributed by atoms with Crippen molar-refractivity contribution in [2.24, 2.45) is 0 Å². The molecule has 0 radical (unpaired) electrons. The van der Waals surface area contributed by atoms with Gasteiger partial charge in [-0.05, 0) is 13.8 Å². The Kier molecular flexibility index (Phi) is 5.13. The normalized spacial score (nSPS) is 15.2. The number of methoxy groups -OCH3 is 1. The average Bonchev–Trinajstić information content (AvgIpc) is 3.39. The highest BCUT2D eigenvalue weighted by atomic mass is 32.2. The highest BCUT2D eigenvalue weighted by Crippen LogP contribution is 2.39. The number of nitrogens with zero attached hydrogens (tertiary/aromatic N) is 7. The van der Waals surface area contributed by atoms with Crippen molar-refractivity contribution < 1.29 is 9.53 Å². The third-order valence-electron chi connectivity index (χ3n) is 5.21. The Morgan fingerprint density at radius 2 is 2.22 bits per heavy atom. The Labute approximate surface area is 190 Å². The van der Waals surface area contributed by atoms with Crippen molar-refractivity contribution in [3.63, 3.8) is 0 Å². The van der Waals surface area contributed by atoms with Gasteiger partial charge in [0.2, 0.25) is 17.0 Å². The molecule has 0 aliphatic carbocycles. The first-order valence-electron chi connectivity index (χ1n) is 9.70. The second-order valence-electron chi connectivity index (χ2n) is 7.28. The number of aromatic nitrogens is 7. The van der Waals surface area contributed by atoms with Crippen molar-refractivity contribution in [2.75, 3.05) is 18.2 Å². The van der Waals surface area contributed by atoms with Gasteiger partial charge in [0.25, 0.3) is 0 Å². The Balaban J connectivity index is 1.51. The lowest BCUT2D eigenvalue weighted by Crippen LogP contribution is -2.29. The number of hydrogen-bond acceptors (Lipinski definition) is 11. The van der Waals surface area contributed by atoms with Gasteiger partial charge in [0, 0.05) is 23.7 Å². The summed E-state index contributed by atoms with van der Waals surface area (Å²) in [4.78, 5) is 26.2. The van der Waals surface area contributed by atoms with Gasteiger partial charge in [-0.15, -0.1) is 10.2 Å². The summed E-state index contributed by atoms with van der Waals surface area (Å²) in [7, 11) is 1.65. The van der Waals surface area contributed by atoms with E-state index in [0.717, 1.165) is 33.7 Å². The number of nitrogens with two attached hydrogens (primary N) is 1. The van der Waals surface area contributed by atoms with Gasteiger partial charge >= 0.3 is 0 Å². The molecule has 0 saturated heterocycles. The molecule has 1 atom stereocenters. The van der Waals surface area contributed by atoms with E-state index >= 15 is 0 Å². The molecule has 1 aliphatic rings. The number of amides is 1. The largest absolute Gasteiger partial charge is 0.496 e. The molecule has 164 valence electrons. The first-order chi connectivity index (χ1) is 15.4. The molecule has 4 aromatic heterocycles. The number of aryl methyl sites for hydroxylation is 1. The van der Waals surface area contributed by atoms with Gasteiger partial charge < -0.3 is 10.5 Å². The summed E-state index contributed by atoms with van der Waals surface area (Å²) in [6, 6.07) is 0. The molecule has 0 spiro atoms. The molecule has 0 bridgehead atoms. The number of thioether (sulfide) groups is 1. The number of carbonyl (C=O) groups is 1. The fraction of sp³-hybridized carbons (Fsp3) is 0.316. The zero-order chi connectivity index (χ0) is 22.4.